The molecule has 1 fully saturated rings. The molecule has 2 aromatic rings. The Bertz CT molecular complexity index is 725. The Hall–Kier alpha value is -2.24. The predicted molar refractivity (Wildman–Crippen MR) is 67.3 cm³/mol. The number of nitrogens with zero attached hydrogens (tertiary/aromatic N) is 3. The maximum Gasteiger partial charge on any atom is 0.261 e. The van der Waals surface area contributed by atoms with Crippen molar-refractivity contribution in [2.75, 3.05) is 13.6 Å². The normalized spacial score (nSPS) is 19.4. The zero-order valence-corrected chi connectivity index (χ0v) is 10.3. The van der Waals surface area contributed by atoms with Gasteiger partial charge in [-0.15, -0.1) is 0 Å². The lowest BCUT2D eigenvalue weighted by Crippen LogP contribution is -2.27. The molecule has 1 aromatic heterocycles. The van der Waals surface area contributed by atoms with E-state index in [-0.39, 0.29) is 34.8 Å². The minimum absolute atomic E-state index is 0.00348. The molecule has 0 radical (unpaired) electrons. The van der Waals surface area contributed by atoms with E-state index in [0.717, 1.165) is 0 Å². The number of halogens is 1. The summed E-state index contributed by atoms with van der Waals surface area (Å²) in [5, 5.41) is 0.240. The van der Waals surface area contributed by atoms with Gasteiger partial charge in [-0.1, -0.05) is 6.07 Å². The highest BCUT2D eigenvalue weighted by molar-refractivity contribution is 5.79. The number of fused-ring (bicyclic) bond motifs is 1. The molecule has 1 aliphatic heterocycles. The van der Waals surface area contributed by atoms with Crippen LogP contribution in [0.1, 0.15) is 12.5 Å². The van der Waals surface area contributed by atoms with Crippen LogP contribution in [-0.2, 0) is 4.79 Å². The summed E-state index contributed by atoms with van der Waals surface area (Å²) in [5.74, 6) is -0.516. The first-order chi connectivity index (χ1) is 9.08. The van der Waals surface area contributed by atoms with Crippen LogP contribution >= 0.6 is 0 Å². The van der Waals surface area contributed by atoms with Crippen LogP contribution < -0.4 is 5.56 Å². The third-order valence-electron chi connectivity index (χ3n) is 3.48. The number of likely N-dealkylation sites (tertiary alicyclic amines) is 1. The van der Waals surface area contributed by atoms with Gasteiger partial charge in [0.1, 0.15) is 11.3 Å². The van der Waals surface area contributed by atoms with Gasteiger partial charge in [-0.25, -0.2) is 9.37 Å². The monoisotopic (exact) mass is 261 g/mol. The average Bonchev–Trinajstić information content (AvgIpc) is 2.71. The van der Waals surface area contributed by atoms with Gasteiger partial charge in [-0.05, 0) is 12.1 Å². The van der Waals surface area contributed by atoms with E-state index in [4.69, 9.17) is 0 Å². The molecule has 0 N–H and O–H groups in total. The van der Waals surface area contributed by atoms with Gasteiger partial charge < -0.3 is 4.90 Å². The summed E-state index contributed by atoms with van der Waals surface area (Å²) < 4.78 is 14.9. The molecule has 1 amide bonds. The van der Waals surface area contributed by atoms with Gasteiger partial charge >= 0.3 is 0 Å². The molecule has 1 atom stereocenters. The van der Waals surface area contributed by atoms with Crippen LogP contribution in [0.15, 0.2) is 29.3 Å². The van der Waals surface area contributed by atoms with Crippen LogP contribution in [0, 0.1) is 5.82 Å². The maximum atomic E-state index is 13.5. The summed E-state index contributed by atoms with van der Waals surface area (Å²) in [6.07, 6.45) is 1.60. The van der Waals surface area contributed by atoms with E-state index in [1.165, 1.54) is 23.0 Å². The number of benzene rings is 1. The zero-order chi connectivity index (χ0) is 13.6. The summed E-state index contributed by atoms with van der Waals surface area (Å²) in [7, 11) is 1.70. The zero-order valence-electron chi connectivity index (χ0n) is 10.3. The van der Waals surface area contributed by atoms with Gasteiger partial charge in [0.2, 0.25) is 5.91 Å². The molecule has 0 saturated carbocycles. The molecule has 0 aliphatic carbocycles. The molecule has 1 aliphatic rings. The highest BCUT2D eigenvalue weighted by Crippen LogP contribution is 2.20. The van der Waals surface area contributed by atoms with Crippen LogP contribution in [0.4, 0.5) is 4.39 Å². The van der Waals surface area contributed by atoms with Crippen molar-refractivity contribution >= 4 is 16.8 Å². The first kappa shape index (κ1) is 11.8. The topological polar surface area (TPSA) is 55.2 Å². The van der Waals surface area contributed by atoms with Crippen LogP contribution in [0.2, 0.25) is 0 Å². The van der Waals surface area contributed by atoms with Crippen LogP contribution in [-0.4, -0.2) is 34.0 Å². The minimum Gasteiger partial charge on any atom is -0.344 e. The summed E-state index contributed by atoms with van der Waals surface area (Å²) in [6.45, 7) is 0.473. The van der Waals surface area contributed by atoms with E-state index in [1.807, 2.05) is 0 Å². The van der Waals surface area contributed by atoms with E-state index < -0.39 is 5.82 Å². The van der Waals surface area contributed by atoms with Crippen molar-refractivity contribution in [2.24, 2.45) is 0 Å². The summed E-state index contributed by atoms with van der Waals surface area (Å²) in [5.41, 5.74) is -0.237. The van der Waals surface area contributed by atoms with E-state index in [1.54, 1.807) is 18.0 Å². The second kappa shape index (κ2) is 4.15. The van der Waals surface area contributed by atoms with Gasteiger partial charge in [0, 0.05) is 20.0 Å². The molecule has 19 heavy (non-hydrogen) atoms. The Kier molecular flexibility index (Phi) is 2.58. The lowest BCUT2D eigenvalue weighted by Gasteiger charge is -2.13. The van der Waals surface area contributed by atoms with E-state index in [0.29, 0.717) is 6.54 Å². The molecule has 2 heterocycles. The number of para-hydroxylation sites is 1. The van der Waals surface area contributed by atoms with Gasteiger partial charge in [-0.3, -0.25) is 14.2 Å². The summed E-state index contributed by atoms with van der Waals surface area (Å²) in [4.78, 5) is 29.4. The first-order valence-corrected chi connectivity index (χ1v) is 5.97. The minimum atomic E-state index is -0.513. The molecule has 6 heteroatoms. The Morgan fingerprint density at radius 3 is 2.84 bits per heavy atom. The SMILES string of the molecule is CN1C[C@H](n2cnc3c(F)cccc3c2=O)CC1=O. The van der Waals surface area contributed by atoms with Crippen LogP contribution in [0.5, 0.6) is 0 Å². The molecular formula is C13H12FN3O2. The van der Waals surface area contributed by atoms with Crippen molar-refractivity contribution in [1.82, 2.24) is 14.5 Å². The Labute approximate surface area is 108 Å². The van der Waals surface area contributed by atoms with Crippen LogP contribution in [0.25, 0.3) is 10.9 Å². The Morgan fingerprint density at radius 1 is 1.37 bits per heavy atom. The van der Waals surface area contributed by atoms with E-state index in [2.05, 4.69) is 4.98 Å². The van der Waals surface area contributed by atoms with Gasteiger partial charge in [0.05, 0.1) is 17.8 Å². The van der Waals surface area contributed by atoms with Crippen molar-refractivity contribution in [3.63, 3.8) is 0 Å². The fourth-order valence-electron chi connectivity index (χ4n) is 2.42. The predicted octanol–water partition coefficient (Wildman–Crippen LogP) is 0.939. The highest BCUT2D eigenvalue weighted by Gasteiger charge is 2.29. The maximum absolute atomic E-state index is 13.5. The smallest absolute Gasteiger partial charge is 0.261 e. The van der Waals surface area contributed by atoms with Gasteiger partial charge in [0.25, 0.3) is 5.56 Å². The van der Waals surface area contributed by atoms with Crippen molar-refractivity contribution in [2.45, 2.75) is 12.5 Å². The lowest BCUT2D eigenvalue weighted by molar-refractivity contribution is -0.126. The highest BCUT2D eigenvalue weighted by atomic mass is 19.1. The van der Waals surface area contributed by atoms with Crippen molar-refractivity contribution in [3.8, 4) is 0 Å². The second-order valence-corrected chi connectivity index (χ2v) is 4.73. The molecule has 5 nitrogen and oxygen atoms in total. The fraction of sp³-hybridized carbons (Fsp3) is 0.308. The molecule has 98 valence electrons. The fourth-order valence-corrected chi connectivity index (χ4v) is 2.42. The number of rotatable bonds is 1. The number of carbonyl (C=O) groups excluding carboxylic acids is 1. The van der Waals surface area contributed by atoms with E-state index in [9.17, 15) is 14.0 Å². The van der Waals surface area contributed by atoms with Crippen molar-refractivity contribution < 1.29 is 9.18 Å². The van der Waals surface area contributed by atoms with Crippen molar-refractivity contribution in [1.29, 1.82) is 0 Å². The number of carbonyl (C=O) groups is 1. The standard InChI is InChI=1S/C13H12FN3O2/c1-16-6-8(5-11(16)18)17-7-15-12-9(13(17)19)3-2-4-10(12)14/h2-4,7-8H,5-6H2,1H3/t8-/m1/s1. The number of aromatic nitrogens is 2. The Morgan fingerprint density at radius 2 is 2.16 bits per heavy atom. The third kappa shape index (κ3) is 1.80. The first-order valence-electron chi connectivity index (χ1n) is 5.97. The summed E-state index contributed by atoms with van der Waals surface area (Å²) >= 11 is 0. The molecule has 0 bridgehead atoms. The van der Waals surface area contributed by atoms with Gasteiger partial charge in [0.15, 0.2) is 0 Å². The molecular weight excluding hydrogens is 249 g/mol. The van der Waals surface area contributed by atoms with E-state index >= 15 is 0 Å². The Balaban J connectivity index is 2.14. The van der Waals surface area contributed by atoms with Crippen molar-refractivity contribution in [3.05, 3.63) is 40.7 Å². The molecule has 1 aromatic carbocycles. The quantitative estimate of drug-likeness (QED) is 0.767. The third-order valence-corrected chi connectivity index (χ3v) is 3.48. The molecule has 0 unspecified atom stereocenters. The molecule has 3 rings (SSSR count). The number of amides is 1. The van der Waals surface area contributed by atoms with Gasteiger partial charge in [-0.2, -0.15) is 0 Å². The summed E-state index contributed by atoms with van der Waals surface area (Å²) in [6, 6.07) is 4.07. The number of hydrogen-bond donors (Lipinski definition) is 0. The molecule has 0 spiro atoms. The second-order valence-electron chi connectivity index (χ2n) is 4.73. The number of likely N-dealkylation sites (N-methyl/N-ethyl adjacent to an activating group) is 1. The lowest BCUT2D eigenvalue weighted by atomic mass is 10.2. The number of hydrogen-bond acceptors (Lipinski definition) is 3. The average molecular weight is 261 g/mol. The van der Waals surface area contributed by atoms with Crippen LogP contribution in [0.3, 0.4) is 0 Å². The largest absolute Gasteiger partial charge is 0.344 e. The molecule has 1 saturated heterocycles.